The van der Waals surface area contributed by atoms with Gasteiger partial charge in [-0.3, -0.25) is 9.10 Å². The molecule has 0 radical (unpaired) electrons. The van der Waals surface area contributed by atoms with Gasteiger partial charge in [-0.25, -0.2) is 8.42 Å². The van der Waals surface area contributed by atoms with Crippen LogP contribution in [0.2, 0.25) is 0 Å². The van der Waals surface area contributed by atoms with Crippen molar-refractivity contribution in [2.24, 2.45) is 0 Å². The number of likely N-dealkylation sites (tertiary alicyclic amines) is 1. The zero-order valence-electron chi connectivity index (χ0n) is 18.0. The number of fused-ring (bicyclic) bond motifs is 1. The maximum Gasteiger partial charge on any atom is 0.264 e. The average Bonchev–Trinajstić information content (AvgIpc) is 3.10. The summed E-state index contributed by atoms with van der Waals surface area (Å²) < 4.78 is 34.0. The molecule has 0 N–H and O–H groups in total. The Morgan fingerprint density at radius 3 is 2.74 bits per heavy atom. The quantitative estimate of drug-likeness (QED) is 0.681. The molecule has 2 aromatic carbocycles. The Morgan fingerprint density at radius 2 is 1.90 bits per heavy atom. The zero-order valence-corrected chi connectivity index (χ0v) is 18.8. The first-order chi connectivity index (χ1) is 15.0. The minimum atomic E-state index is -3.72. The summed E-state index contributed by atoms with van der Waals surface area (Å²) in [7, 11) is -3.72. The fourth-order valence-electron chi connectivity index (χ4n) is 4.38. The number of anilines is 1. The van der Waals surface area contributed by atoms with Gasteiger partial charge in [0.2, 0.25) is 0 Å². The maximum absolute atomic E-state index is 13.3. The molecule has 0 aromatic heterocycles. The molecule has 1 unspecified atom stereocenters. The lowest BCUT2D eigenvalue weighted by molar-refractivity contribution is 0.0432. The predicted octanol–water partition coefficient (Wildman–Crippen LogP) is 3.86. The summed E-state index contributed by atoms with van der Waals surface area (Å²) >= 11 is 0. The molecular weight excluding hydrogens is 412 g/mol. The number of hydrogen-bond acceptors (Lipinski definition) is 4. The molecule has 31 heavy (non-hydrogen) atoms. The monoisotopic (exact) mass is 442 g/mol. The molecule has 0 aliphatic carbocycles. The van der Waals surface area contributed by atoms with Crippen molar-refractivity contribution in [3.05, 3.63) is 59.7 Å². The number of amides is 1. The Kier molecular flexibility index (Phi) is 6.62. The summed E-state index contributed by atoms with van der Waals surface area (Å²) in [4.78, 5) is 15.1. The van der Waals surface area contributed by atoms with Crippen LogP contribution in [0.3, 0.4) is 0 Å². The van der Waals surface area contributed by atoms with Gasteiger partial charge < -0.3 is 9.64 Å². The van der Waals surface area contributed by atoms with Crippen LogP contribution in [0.4, 0.5) is 5.69 Å². The van der Waals surface area contributed by atoms with Crippen LogP contribution in [-0.4, -0.2) is 51.6 Å². The van der Waals surface area contributed by atoms with E-state index in [1.165, 1.54) is 10.4 Å². The minimum absolute atomic E-state index is 0.116. The lowest BCUT2D eigenvalue weighted by atomic mass is 10.1. The minimum Gasteiger partial charge on any atom is -0.378 e. The SMILES string of the molecule is CCCOC1CCCN(C(=O)c2cccc(S(=O)(=O)N3CCc4ccccc43)c2)CC1. The first kappa shape index (κ1) is 21.8. The molecule has 0 bridgehead atoms. The van der Waals surface area contributed by atoms with Gasteiger partial charge in [-0.2, -0.15) is 0 Å². The van der Waals surface area contributed by atoms with Crippen LogP contribution in [0.15, 0.2) is 53.4 Å². The maximum atomic E-state index is 13.3. The summed E-state index contributed by atoms with van der Waals surface area (Å²) in [6, 6.07) is 14.0. The van der Waals surface area contributed by atoms with E-state index < -0.39 is 10.0 Å². The van der Waals surface area contributed by atoms with Gasteiger partial charge in [-0.15, -0.1) is 0 Å². The van der Waals surface area contributed by atoms with Gasteiger partial charge in [0, 0.05) is 31.8 Å². The zero-order chi connectivity index (χ0) is 21.8. The van der Waals surface area contributed by atoms with Crippen LogP contribution < -0.4 is 4.31 Å². The van der Waals surface area contributed by atoms with Crippen LogP contribution in [0.1, 0.15) is 48.5 Å². The lowest BCUT2D eigenvalue weighted by Gasteiger charge is -2.22. The van der Waals surface area contributed by atoms with E-state index in [-0.39, 0.29) is 16.9 Å². The van der Waals surface area contributed by atoms with Gasteiger partial charge in [0.05, 0.1) is 16.7 Å². The Labute approximate surface area is 184 Å². The summed E-state index contributed by atoms with van der Waals surface area (Å²) in [5.74, 6) is -0.116. The predicted molar refractivity (Wildman–Crippen MR) is 121 cm³/mol. The Bertz CT molecular complexity index is 1040. The highest BCUT2D eigenvalue weighted by Gasteiger charge is 2.31. The van der Waals surface area contributed by atoms with Crippen molar-refractivity contribution in [1.82, 2.24) is 4.90 Å². The number of rotatable bonds is 6. The van der Waals surface area contributed by atoms with Gasteiger partial charge >= 0.3 is 0 Å². The van der Waals surface area contributed by atoms with Gasteiger partial charge in [-0.1, -0.05) is 31.2 Å². The highest BCUT2D eigenvalue weighted by molar-refractivity contribution is 7.92. The Balaban J connectivity index is 1.51. The number of carbonyl (C=O) groups excluding carboxylic acids is 1. The van der Waals surface area contributed by atoms with E-state index in [4.69, 9.17) is 4.74 Å². The highest BCUT2D eigenvalue weighted by atomic mass is 32.2. The number of para-hydroxylation sites is 1. The Morgan fingerprint density at radius 1 is 1.06 bits per heavy atom. The standard InChI is InChI=1S/C24H30N2O4S/c1-2-17-30-21-9-6-14-25(15-13-21)24(27)20-8-5-10-22(18-20)31(28,29)26-16-12-19-7-3-4-11-23(19)26/h3-5,7-8,10-11,18,21H,2,6,9,12-17H2,1H3. The normalized spacial score (nSPS) is 19.2. The van der Waals surface area contributed by atoms with Crippen LogP contribution in [0, 0.1) is 0 Å². The van der Waals surface area contributed by atoms with Crippen LogP contribution in [-0.2, 0) is 21.2 Å². The third-order valence-corrected chi connectivity index (χ3v) is 7.84. The molecule has 166 valence electrons. The molecule has 0 spiro atoms. The van der Waals surface area contributed by atoms with E-state index in [9.17, 15) is 13.2 Å². The van der Waals surface area contributed by atoms with Crippen LogP contribution >= 0.6 is 0 Å². The number of hydrogen-bond donors (Lipinski definition) is 0. The fraction of sp³-hybridized carbons (Fsp3) is 0.458. The second-order valence-electron chi connectivity index (χ2n) is 8.20. The largest absolute Gasteiger partial charge is 0.378 e. The molecule has 7 heteroatoms. The fourth-order valence-corrected chi connectivity index (χ4v) is 5.93. The van der Waals surface area contributed by atoms with E-state index in [1.54, 1.807) is 18.2 Å². The molecule has 2 aliphatic rings. The molecule has 1 amide bonds. The topological polar surface area (TPSA) is 66.9 Å². The van der Waals surface area contributed by atoms with Gasteiger partial charge in [-0.05, 0) is 61.9 Å². The molecule has 0 saturated carbocycles. The van der Waals surface area contributed by atoms with Crippen molar-refractivity contribution in [2.45, 2.75) is 50.0 Å². The van der Waals surface area contributed by atoms with Crippen LogP contribution in [0.25, 0.3) is 0 Å². The number of nitrogens with zero attached hydrogens (tertiary/aromatic N) is 2. The third kappa shape index (κ3) is 4.62. The second kappa shape index (κ2) is 9.40. The molecule has 2 aromatic rings. The molecule has 1 fully saturated rings. The van der Waals surface area contributed by atoms with Crippen molar-refractivity contribution in [2.75, 3.05) is 30.5 Å². The van der Waals surface area contributed by atoms with Gasteiger partial charge in [0.1, 0.15) is 0 Å². The summed E-state index contributed by atoms with van der Waals surface area (Å²) in [5.41, 5.74) is 2.18. The lowest BCUT2D eigenvalue weighted by Crippen LogP contribution is -2.33. The molecule has 1 atom stereocenters. The van der Waals surface area contributed by atoms with E-state index in [0.29, 0.717) is 31.6 Å². The van der Waals surface area contributed by atoms with E-state index in [0.717, 1.165) is 43.5 Å². The van der Waals surface area contributed by atoms with E-state index in [1.807, 2.05) is 29.2 Å². The molecular formula is C24H30N2O4S. The average molecular weight is 443 g/mol. The molecule has 2 aliphatic heterocycles. The first-order valence-corrected chi connectivity index (χ1v) is 12.6. The van der Waals surface area contributed by atoms with Gasteiger partial charge in [0.15, 0.2) is 0 Å². The van der Waals surface area contributed by atoms with Gasteiger partial charge in [0.25, 0.3) is 15.9 Å². The molecule has 6 nitrogen and oxygen atoms in total. The van der Waals surface area contributed by atoms with Crippen molar-refractivity contribution in [3.63, 3.8) is 0 Å². The van der Waals surface area contributed by atoms with Crippen molar-refractivity contribution in [1.29, 1.82) is 0 Å². The number of carbonyl (C=O) groups is 1. The van der Waals surface area contributed by atoms with E-state index >= 15 is 0 Å². The molecule has 2 heterocycles. The van der Waals surface area contributed by atoms with Crippen molar-refractivity contribution >= 4 is 21.6 Å². The highest BCUT2D eigenvalue weighted by Crippen LogP contribution is 2.33. The summed E-state index contributed by atoms with van der Waals surface area (Å²) in [6.45, 7) is 4.56. The van der Waals surface area contributed by atoms with Crippen molar-refractivity contribution in [3.8, 4) is 0 Å². The number of benzene rings is 2. The van der Waals surface area contributed by atoms with E-state index in [2.05, 4.69) is 6.92 Å². The summed E-state index contributed by atoms with van der Waals surface area (Å²) in [6.07, 6.45) is 4.54. The smallest absolute Gasteiger partial charge is 0.264 e. The van der Waals surface area contributed by atoms with Crippen molar-refractivity contribution < 1.29 is 17.9 Å². The summed E-state index contributed by atoms with van der Waals surface area (Å²) in [5, 5.41) is 0. The first-order valence-electron chi connectivity index (χ1n) is 11.1. The number of ether oxygens (including phenoxy) is 1. The molecule has 1 saturated heterocycles. The molecule has 4 rings (SSSR count). The Hall–Kier alpha value is -2.38. The number of sulfonamides is 1. The second-order valence-corrected chi connectivity index (χ2v) is 10.1. The third-order valence-electron chi connectivity index (χ3n) is 6.03. The van der Waals surface area contributed by atoms with Crippen LogP contribution in [0.5, 0.6) is 0 Å².